The molecule has 110 valence electrons. The highest BCUT2D eigenvalue weighted by Crippen LogP contribution is 2.29. The Kier molecular flexibility index (Phi) is 5.40. The molecule has 0 unspecified atom stereocenters. The van der Waals surface area contributed by atoms with Gasteiger partial charge >= 0.3 is 0 Å². The van der Waals surface area contributed by atoms with E-state index in [1.54, 1.807) is 0 Å². The molecule has 0 saturated heterocycles. The van der Waals surface area contributed by atoms with Gasteiger partial charge in [0.25, 0.3) is 0 Å². The predicted octanol–water partition coefficient (Wildman–Crippen LogP) is 4.85. The zero-order valence-corrected chi connectivity index (χ0v) is 13.6. The number of rotatable bonds is 5. The molecule has 0 radical (unpaired) electrons. The van der Waals surface area contributed by atoms with Crippen LogP contribution in [-0.4, -0.2) is 24.8 Å². The molecule has 0 aromatic heterocycles. The van der Waals surface area contributed by atoms with E-state index in [4.69, 9.17) is 11.6 Å². The molecule has 0 aliphatic carbocycles. The first-order chi connectivity index (χ1) is 10.1. The fraction of sp³-hybridized carbons (Fsp3) is 0.278. The summed E-state index contributed by atoms with van der Waals surface area (Å²) in [6.45, 7) is 5.12. The van der Waals surface area contributed by atoms with E-state index in [-0.39, 0.29) is 0 Å². The third-order valence-electron chi connectivity index (χ3n) is 3.54. The average Bonchev–Trinajstić information content (AvgIpc) is 2.50. The molecule has 2 rings (SSSR count). The largest absolute Gasteiger partial charge is 0.366 e. The maximum absolute atomic E-state index is 6.36. The Bertz CT molecular complexity index is 621. The first-order valence-corrected chi connectivity index (χ1v) is 7.55. The molecule has 0 bridgehead atoms. The first-order valence-electron chi connectivity index (χ1n) is 7.17. The van der Waals surface area contributed by atoms with Crippen LogP contribution in [0, 0.1) is 6.92 Å². The molecular weight excluding hydrogens is 280 g/mol. The molecule has 0 N–H and O–H groups in total. The van der Waals surface area contributed by atoms with Gasteiger partial charge in [0, 0.05) is 13.6 Å². The van der Waals surface area contributed by atoms with Crippen LogP contribution in [0.2, 0.25) is 5.02 Å². The predicted molar refractivity (Wildman–Crippen MR) is 91.9 cm³/mol. The molecule has 0 aliphatic heterocycles. The molecule has 0 aliphatic rings. The highest BCUT2D eigenvalue weighted by atomic mass is 35.5. The molecule has 0 heterocycles. The highest BCUT2D eigenvalue weighted by Gasteiger charge is 2.06. The van der Waals surface area contributed by atoms with Gasteiger partial charge in [-0.2, -0.15) is 0 Å². The van der Waals surface area contributed by atoms with Crippen molar-refractivity contribution in [1.82, 2.24) is 4.90 Å². The summed E-state index contributed by atoms with van der Waals surface area (Å²) >= 11 is 6.36. The topological polar surface area (TPSA) is 15.6 Å². The van der Waals surface area contributed by atoms with Gasteiger partial charge in [0.2, 0.25) is 0 Å². The summed E-state index contributed by atoms with van der Waals surface area (Å²) in [6.07, 6.45) is 2.71. The van der Waals surface area contributed by atoms with Crippen molar-refractivity contribution in [3.8, 4) is 0 Å². The minimum atomic E-state index is 0.701. The normalized spacial score (nSPS) is 11.0. The fourth-order valence-electron chi connectivity index (χ4n) is 2.06. The zero-order valence-electron chi connectivity index (χ0n) is 12.8. The number of benzene rings is 2. The molecule has 0 fully saturated rings. The van der Waals surface area contributed by atoms with Gasteiger partial charge in [0.1, 0.15) is 0 Å². The van der Waals surface area contributed by atoms with Crippen molar-refractivity contribution in [2.45, 2.75) is 20.3 Å². The van der Waals surface area contributed by atoms with Gasteiger partial charge in [-0.05, 0) is 49.1 Å². The lowest BCUT2D eigenvalue weighted by atomic mass is 10.00. The lowest BCUT2D eigenvalue weighted by molar-refractivity contribution is 0.552. The van der Waals surface area contributed by atoms with Crippen molar-refractivity contribution in [1.29, 1.82) is 0 Å². The Morgan fingerprint density at radius 3 is 2.57 bits per heavy atom. The van der Waals surface area contributed by atoms with Crippen LogP contribution in [0.15, 0.2) is 47.5 Å². The summed E-state index contributed by atoms with van der Waals surface area (Å²) in [4.78, 5) is 6.47. The maximum Gasteiger partial charge on any atom is 0.0910 e. The van der Waals surface area contributed by atoms with E-state index in [9.17, 15) is 0 Å². The van der Waals surface area contributed by atoms with Crippen molar-refractivity contribution >= 4 is 23.6 Å². The lowest BCUT2D eigenvalue weighted by Crippen LogP contribution is -2.14. The highest BCUT2D eigenvalue weighted by molar-refractivity contribution is 6.33. The Balaban J connectivity index is 2.23. The molecule has 2 nitrogen and oxygen atoms in total. The van der Waals surface area contributed by atoms with Crippen molar-refractivity contribution in [2.75, 3.05) is 13.6 Å². The monoisotopic (exact) mass is 300 g/mol. The minimum Gasteiger partial charge on any atom is -0.366 e. The van der Waals surface area contributed by atoms with Crippen LogP contribution >= 0.6 is 11.6 Å². The van der Waals surface area contributed by atoms with E-state index in [0.717, 1.165) is 18.7 Å². The molecule has 0 atom stereocenters. The van der Waals surface area contributed by atoms with E-state index >= 15 is 0 Å². The van der Waals surface area contributed by atoms with Crippen LogP contribution < -0.4 is 0 Å². The summed E-state index contributed by atoms with van der Waals surface area (Å²) in [5.41, 5.74) is 4.58. The van der Waals surface area contributed by atoms with Gasteiger partial charge in [-0.15, -0.1) is 0 Å². The number of halogens is 1. The number of nitrogens with zero attached hydrogens (tertiary/aromatic N) is 2. The van der Waals surface area contributed by atoms with Gasteiger partial charge in [-0.1, -0.05) is 41.9 Å². The fourth-order valence-corrected chi connectivity index (χ4v) is 2.29. The first kappa shape index (κ1) is 15.6. The second kappa shape index (κ2) is 7.28. The molecule has 0 saturated carbocycles. The van der Waals surface area contributed by atoms with Gasteiger partial charge in [0.15, 0.2) is 0 Å². The van der Waals surface area contributed by atoms with Crippen LogP contribution in [0.5, 0.6) is 0 Å². The van der Waals surface area contributed by atoms with E-state index in [1.165, 1.54) is 16.7 Å². The van der Waals surface area contributed by atoms with Crippen molar-refractivity contribution < 1.29 is 0 Å². The summed E-state index contributed by atoms with van der Waals surface area (Å²) < 4.78 is 0. The van der Waals surface area contributed by atoms with Crippen LogP contribution in [0.1, 0.15) is 23.6 Å². The standard InChI is InChI=1S/C18H21ClN2/c1-4-21(3)13-20-18-10-14(2)16(12-17(18)19)11-15-8-6-5-7-9-15/h5-10,12-13H,4,11H2,1-3H3. The van der Waals surface area contributed by atoms with E-state index in [2.05, 4.69) is 49.2 Å². The van der Waals surface area contributed by atoms with E-state index in [1.807, 2.05) is 30.4 Å². The number of aliphatic imine (C=N–C) groups is 1. The lowest BCUT2D eigenvalue weighted by Gasteiger charge is -2.11. The second-order valence-corrected chi connectivity index (χ2v) is 5.62. The Hall–Kier alpha value is -1.80. The Morgan fingerprint density at radius 1 is 1.19 bits per heavy atom. The Labute approximate surface area is 132 Å². The van der Waals surface area contributed by atoms with Crippen LogP contribution in [0.25, 0.3) is 0 Å². The van der Waals surface area contributed by atoms with E-state index in [0.29, 0.717) is 5.02 Å². The van der Waals surface area contributed by atoms with Gasteiger partial charge in [-0.25, -0.2) is 4.99 Å². The zero-order chi connectivity index (χ0) is 15.2. The maximum atomic E-state index is 6.36. The summed E-state index contributed by atoms with van der Waals surface area (Å²) in [5.74, 6) is 0. The summed E-state index contributed by atoms with van der Waals surface area (Å²) in [7, 11) is 1.99. The SMILES string of the molecule is CCN(C)C=Nc1cc(C)c(Cc2ccccc2)cc1Cl. The van der Waals surface area contributed by atoms with Crippen molar-refractivity contribution in [3.63, 3.8) is 0 Å². The molecular formula is C18H21ClN2. The van der Waals surface area contributed by atoms with Crippen LogP contribution in [-0.2, 0) is 6.42 Å². The van der Waals surface area contributed by atoms with E-state index < -0.39 is 0 Å². The second-order valence-electron chi connectivity index (χ2n) is 5.21. The quantitative estimate of drug-likeness (QED) is 0.569. The van der Waals surface area contributed by atoms with Crippen LogP contribution in [0.3, 0.4) is 0 Å². The van der Waals surface area contributed by atoms with Crippen LogP contribution in [0.4, 0.5) is 5.69 Å². The number of hydrogen-bond acceptors (Lipinski definition) is 1. The molecule has 3 heteroatoms. The van der Waals surface area contributed by atoms with Crippen molar-refractivity contribution in [2.24, 2.45) is 4.99 Å². The molecule has 21 heavy (non-hydrogen) atoms. The Morgan fingerprint density at radius 2 is 1.90 bits per heavy atom. The number of hydrogen-bond donors (Lipinski definition) is 0. The van der Waals surface area contributed by atoms with Crippen molar-refractivity contribution in [3.05, 3.63) is 64.2 Å². The number of aryl methyl sites for hydroxylation is 1. The molecule has 0 spiro atoms. The summed E-state index contributed by atoms with van der Waals surface area (Å²) in [6, 6.07) is 14.5. The molecule has 0 amide bonds. The minimum absolute atomic E-state index is 0.701. The summed E-state index contributed by atoms with van der Waals surface area (Å²) in [5, 5.41) is 0.701. The van der Waals surface area contributed by atoms with Gasteiger partial charge in [-0.3, -0.25) is 0 Å². The molecule has 2 aromatic rings. The van der Waals surface area contributed by atoms with Gasteiger partial charge < -0.3 is 4.90 Å². The third kappa shape index (κ3) is 4.33. The molecule has 2 aromatic carbocycles. The smallest absolute Gasteiger partial charge is 0.0910 e. The average molecular weight is 301 g/mol. The van der Waals surface area contributed by atoms with Gasteiger partial charge in [0.05, 0.1) is 17.0 Å². The third-order valence-corrected chi connectivity index (χ3v) is 3.84.